The standard InChI is InChI=1S/C23H29N3O3/c1-16(2)17-5-7-18(8-6-17)21(24)14-25-22(27)15-29-20-11-9-19(10-12-20)26-13-3-4-23(26)28/h5-12,16,21H,3-4,13-15,24H2,1-2H3,(H,25,27). The van der Waals surface area contributed by atoms with Crippen molar-refractivity contribution in [1.82, 2.24) is 5.32 Å². The summed E-state index contributed by atoms with van der Waals surface area (Å²) in [7, 11) is 0. The van der Waals surface area contributed by atoms with E-state index in [1.807, 2.05) is 24.3 Å². The van der Waals surface area contributed by atoms with Crippen LogP contribution in [0.3, 0.4) is 0 Å². The molecule has 3 rings (SSSR count). The summed E-state index contributed by atoms with van der Waals surface area (Å²) in [6, 6.07) is 15.1. The van der Waals surface area contributed by atoms with Crippen LogP contribution in [-0.4, -0.2) is 31.5 Å². The van der Waals surface area contributed by atoms with Crippen molar-refractivity contribution in [3.8, 4) is 5.75 Å². The van der Waals surface area contributed by atoms with Crippen molar-refractivity contribution in [3.05, 3.63) is 59.7 Å². The molecule has 2 aromatic rings. The van der Waals surface area contributed by atoms with Gasteiger partial charge in [0.25, 0.3) is 5.91 Å². The lowest BCUT2D eigenvalue weighted by atomic mass is 9.99. The Morgan fingerprint density at radius 2 is 1.76 bits per heavy atom. The van der Waals surface area contributed by atoms with Gasteiger partial charge in [0, 0.05) is 31.2 Å². The fourth-order valence-corrected chi connectivity index (χ4v) is 3.31. The Morgan fingerprint density at radius 1 is 1.10 bits per heavy atom. The highest BCUT2D eigenvalue weighted by atomic mass is 16.5. The first kappa shape index (κ1) is 20.9. The van der Waals surface area contributed by atoms with Gasteiger partial charge in [-0.05, 0) is 47.7 Å². The molecule has 0 aromatic heterocycles. The summed E-state index contributed by atoms with van der Waals surface area (Å²) in [5, 5.41) is 2.81. The van der Waals surface area contributed by atoms with Crippen molar-refractivity contribution in [2.24, 2.45) is 5.73 Å². The van der Waals surface area contributed by atoms with Crippen LogP contribution in [0.5, 0.6) is 5.75 Å². The van der Waals surface area contributed by atoms with E-state index in [1.165, 1.54) is 5.56 Å². The zero-order valence-electron chi connectivity index (χ0n) is 17.1. The maximum absolute atomic E-state index is 12.1. The second kappa shape index (κ2) is 9.56. The molecule has 6 nitrogen and oxygen atoms in total. The topological polar surface area (TPSA) is 84.7 Å². The number of nitrogens with two attached hydrogens (primary N) is 1. The summed E-state index contributed by atoms with van der Waals surface area (Å²) in [5.74, 6) is 0.984. The van der Waals surface area contributed by atoms with Gasteiger partial charge in [0.15, 0.2) is 6.61 Å². The molecular weight excluding hydrogens is 366 g/mol. The predicted molar refractivity (Wildman–Crippen MR) is 114 cm³/mol. The highest BCUT2D eigenvalue weighted by molar-refractivity contribution is 5.95. The van der Waals surface area contributed by atoms with E-state index in [1.54, 1.807) is 17.0 Å². The SMILES string of the molecule is CC(C)c1ccc(C(N)CNC(=O)COc2ccc(N3CCCC3=O)cc2)cc1. The monoisotopic (exact) mass is 395 g/mol. The molecule has 1 heterocycles. The van der Waals surface area contributed by atoms with Crippen molar-refractivity contribution < 1.29 is 14.3 Å². The molecule has 6 heteroatoms. The van der Waals surface area contributed by atoms with E-state index in [9.17, 15) is 9.59 Å². The third kappa shape index (κ3) is 5.57. The average molecular weight is 396 g/mol. The molecule has 3 N–H and O–H groups in total. The van der Waals surface area contributed by atoms with Crippen LogP contribution in [0.15, 0.2) is 48.5 Å². The van der Waals surface area contributed by atoms with Crippen LogP contribution in [-0.2, 0) is 9.59 Å². The van der Waals surface area contributed by atoms with Crippen molar-refractivity contribution in [2.75, 3.05) is 24.6 Å². The van der Waals surface area contributed by atoms with E-state index < -0.39 is 0 Å². The van der Waals surface area contributed by atoms with Crippen molar-refractivity contribution in [2.45, 2.75) is 38.6 Å². The smallest absolute Gasteiger partial charge is 0.258 e. The molecular formula is C23H29N3O3. The number of hydrogen-bond donors (Lipinski definition) is 2. The Labute approximate surface area is 172 Å². The predicted octanol–water partition coefficient (Wildman–Crippen LogP) is 3.13. The first-order chi connectivity index (χ1) is 13.9. The van der Waals surface area contributed by atoms with E-state index in [2.05, 4.69) is 31.3 Å². The van der Waals surface area contributed by atoms with Crippen LogP contribution in [0.1, 0.15) is 49.8 Å². The van der Waals surface area contributed by atoms with Crippen LogP contribution in [0.2, 0.25) is 0 Å². The minimum atomic E-state index is -0.266. The molecule has 1 atom stereocenters. The van der Waals surface area contributed by atoms with Crippen molar-refractivity contribution in [1.29, 1.82) is 0 Å². The number of hydrogen-bond acceptors (Lipinski definition) is 4. The van der Waals surface area contributed by atoms with Gasteiger partial charge in [-0.25, -0.2) is 0 Å². The third-order valence-electron chi connectivity index (χ3n) is 5.14. The lowest BCUT2D eigenvalue weighted by Crippen LogP contribution is -2.35. The number of nitrogens with zero attached hydrogens (tertiary/aromatic N) is 1. The molecule has 0 bridgehead atoms. The lowest BCUT2D eigenvalue weighted by Gasteiger charge is -2.16. The summed E-state index contributed by atoms with van der Waals surface area (Å²) in [6.45, 7) is 5.31. The highest BCUT2D eigenvalue weighted by Crippen LogP contribution is 2.24. The van der Waals surface area contributed by atoms with Crippen LogP contribution < -0.4 is 20.7 Å². The molecule has 1 fully saturated rings. The number of carbonyl (C=O) groups excluding carboxylic acids is 2. The Bertz CT molecular complexity index is 831. The lowest BCUT2D eigenvalue weighted by molar-refractivity contribution is -0.123. The van der Waals surface area contributed by atoms with Crippen LogP contribution in [0, 0.1) is 0 Å². The van der Waals surface area contributed by atoms with Gasteiger partial charge in [-0.2, -0.15) is 0 Å². The maximum Gasteiger partial charge on any atom is 0.258 e. The van der Waals surface area contributed by atoms with E-state index in [-0.39, 0.29) is 24.5 Å². The van der Waals surface area contributed by atoms with Gasteiger partial charge in [0.2, 0.25) is 5.91 Å². The number of ether oxygens (including phenoxy) is 1. The Kier molecular flexibility index (Phi) is 6.88. The van der Waals surface area contributed by atoms with Gasteiger partial charge in [0.05, 0.1) is 0 Å². The normalized spacial score (nSPS) is 14.9. The fraction of sp³-hybridized carbons (Fsp3) is 0.391. The largest absolute Gasteiger partial charge is 0.484 e. The molecule has 1 aliphatic rings. The first-order valence-electron chi connectivity index (χ1n) is 10.1. The molecule has 0 aliphatic carbocycles. The molecule has 0 radical (unpaired) electrons. The molecule has 154 valence electrons. The molecule has 1 saturated heterocycles. The van der Waals surface area contributed by atoms with Crippen LogP contribution in [0.4, 0.5) is 5.69 Å². The van der Waals surface area contributed by atoms with Gasteiger partial charge < -0.3 is 20.7 Å². The zero-order valence-corrected chi connectivity index (χ0v) is 17.1. The van der Waals surface area contributed by atoms with Crippen molar-refractivity contribution in [3.63, 3.8) is 0 Å². The fourth-order valence-electron chi connectivity index (χ4n) is 3.31. The number of carbonyl (C=O) groups is 2. The summed E-state index contributed by atoms with van der Waals surface area (Å²) < 4.78 is 5.54. The maximum atomic E-state index is 12.1. The van der Waals surface area contributed by atoms with Gasteiger partial charge in [-0.15, -0.1) is 0 Å². The Balaban J connectivity index is 1.43. The Hall–Kier alpha value is -2.86. The molecule has 2 amide bonds. The minimum Gasteiger partial charge on any atom is -0.484 e. The van der Waals surface area contributed by atoms with Gasteiger partial charge in [-0.3, -0.25) is 9.59 Å². The van der Waals surface area contributed by atoms with Crippen LogP contribution >= 0.6 is 0 Å². The molecule has 0 saturated carbocycles. The second-order valence-corrected chi connectivity index (χ2v) is 7.66. The first-order valence-corrected chi connectivity index (χ1v) is 10.1. The number of amides is 2. The van der Waals surface area contributed by atoms with Gasteiger partial charge in [-0.1, -0.05) is 38.1 Å². The number of nitrogens with one attached hydrogen (secondary N) is 1. The van der Waals surface area contributed by atoms with E-state index in [0.29, 0.717) is 24.6 Å². The number of benzene rings is 2. The Morgan fingerprint density at radius 3 is 2.34 bits per heavy atom. The quantitative estimate of drug-likeness (QED) is 0.719. The minimum absolute atomic E-state index is 0.0823. The van der Waals surface area contributed by atoms with E-state index >= 15 is 0 Å². The van der Waals surface area contributed by atoms with Crippen LogP contribution in [0.25, 0.3) is 0 Å². The highest BCUT2D eigenvalue weighted by Gasteiger charge is 2.21. The van der Waals surface area contributed by atoms with E-state index in [0.717, 1.165) is 24.2 Å². The average Bonchev–Trinajstić information content (AvgIpc) is 3.16. The van der Waals surface area contributed by atoms with E-state index in [4.69, 9.17) is 10.5 Å². The summed E-state index contributed by atoms with van der Waals surface area (Å²) in [6.07, 6.45) is 1.49. The van der Waals surface area contributed by atoms with Crippen molar-refractivity contribution >= 4 is 17.5 Å². The molecule has 29 heavy (non-hydrogen) atoms. The molecule has 1 unspecified atom stereocenters. The molecule has 0 spiro atoms. The zero-order chi connectivity index (χ0) is 20.8. The number of rotatable bonds is 8. The number of anilines is 1. The summed E-state index contributed by atoms with van der Waals surface area (Å²) >= 11 is 0. The molecule has 2 aromatic carbocycles. The summed E-state index contributed by atoms with van der Waals surface area (Å²) in [5.41, 5.74) is 9.29. The second-order valence-electron chi connectivity index (χ2n) is 7.66. The molecule has 1 aliphatic heterocycles. The summed E-state index contributed by atoms with van der Waals surface area (Å²) in [4.78, 5) is 25.6. The third-order valence-corrected chi connectivity index (χ3v) is 5.14. The van der Waals surface area contributed by atoms with Gasteiger partial charge >= 0.3 is 0 Å². The van der Waals surface area contributed by atoms with Gasteiger partial charge in [0.1, 0.15) is 5.75 Å².